The fraction of sp³-hybridized carbons (Fsp3) is 0.455. The summed E-state index contributed by atoms with van der Waals surface area (Å²) in [5.74, 6) is 1.62. The molecule has 0 radical (unpaired) electrons. The number of fused-ring (bicyclic) bond motifs is 2. The molecule has 2 atom stereocenters. The van der Waals surface area contributed by atoms with Crippen molar-refractivity contribution in [1.82, 2.24) is 0 Å². The van der Waals surface area contributed by atoms with Crippen LogP contribution in [0.5, 0.6) is 0 Å². The smallest absolute Gasteiger partial charge is 0.0442 e. The van der Waals surface area contributed by atoms with Crippen molar-refractivity contribution in [3.63, 3.8) is 0 Å². The molecule has 0 N–H and O–H groups in total. The second-order valence-electron chi connectivity index (χ2n) is 10.5. The van der Waals surface area contributed by atoms with Crippen molar-refractivity contribution in [3.05, 3.63) is 56.9 Å². The summed E-state index contributed by atoms with van der Waals surface area (Å²) in [4.78, 5) is 5.98. The van der Waals surface area contributed by atoms with E-state index in [-0.39, 0.29) is 0 Å². The first-order valence-corrected chi connectivity index (χ1v) is 17.6. The maximum atomic E-state index is 2.41. The van der Waals surface area contributed by atoms with E-state index in [9.17, 15) is 0 Å². The van der Waals surface area contributed by atoms with Gasteiger partial charge in [0.1, 0.15) is 0 Å². The van der Waals surface area contributed by atoms with Crippen molar-refractivity contribution in [3.8, 4) is 20.9 Å². The molecule has 0 aliphatic carbocycles. The molecule has 4 heterocycles. The molecule has 5 aromatic rings. The molecule has 0 amide bonds. The summed E-state index contributed by atoms with van der Waals surface area (Å²) in [6.45, 7) is 9.33. The molecular weight excluding hydrogens is 525 g/mol. The van der Waals surface area contributed by atoms with Crippen molar-refractivity contribution in [1.29, 1.82) is 0 Å². The Hall–Kier alpha value is -1.46. The van der Waals surface area contributed by atoms with Gasteiger partial charge >= 0.3 is 0 Å². The quantitative estimate of drug-likeness (QED) is 0.133. The highest BCUT2D eigenvalue weighted by atomic mass is 32.1. The monoisotopic (exact) mass is 564 g/mol. The van der Waals surface area contributed by atoms with Crippen LogP contribution in [0.15, 0.2) is 47.2 Å². The Morgan fingerprint density at radius 2 is 1.11 bits per heavy atom. The molecule has 0 saturated carbocycles. The lowest BCUT2D eigenvalue weighted by Crippen LogP contribution is -2.01. The van der Waals surface area contributed by atoms with Crippen LogP contribution in [0.2, 0.25) is 0 Å². The van der Waals surface area contributed by atoms with Crippen LogP contribution in [0.25, 0.3) is 41.1 Å². The lowest BCUT2D eigenvalue weighted by molar-refractivity contribution is 0.452. The first-order valence-electron chi connectivity index (χ1n) is 14.2. The SMILES string of the molecule is CCCCC(CC)Cc1ccc(-c2c3ccsc3c(-c3ccc(CC(CC)CCC)s3)c3ccsc23)s1. The van der Waals surface area contributed by atoms with Crippen molar-refractivity contribution < 1.29 is 0 Å². The van der Waals surface area contributed by atoms with Crippen molar-refractivity contribution in [2.45, 2.75) is 85.5 Å². The Balaban J connectivity index is 1.52. The van der Waals surface area contributed by atoms with E-state index < -0.39 is 0 Å². The average molecular weight is 565 g/mol. The molecular formula is C33H40S4. The van der Waals surface area contributed by atoms with Crippen molar-refractivity contribution in [2.75, 3.05) is 0 Å². The van der Waals surface area contributed by atoms with Gasteiger partial charge in [0, 0.05) is 50.8 Å². The number of thiophene rings is 4. The van der Waals surface area contributed by atoms with Crippen LogP contribution >= 0.6 is 45.3 Å². The van der Waals surface area contributed by atoms with Crippen LogP contribution in [0.4, 0.5) is 0 Å². The van der Waals surface area contributed by atoms with E-state index in [0.717, 1.165) is 11.8 Å². The molecule has 0 fully saturated rings. The van der Waals surface area contributed by atoms with Gasteiger partial charge in [-0.05, 0) is 71.8 Å². The molecule has 0 saturated heterocycles. The lowest BCUT2D eigenvalue weighted by Gasteiger charge is -2.13. The topological polar surface area (TPSA) is 0 Å². The highest BCUT2D eigenvalue weighted by molar-refractivity contribution is 7.22. The van der Waals surface area contributed by atoms with Gasteiger partial charge < -0.3 is 0 Å². The van der Waals surface area contributed by atoms with Crippen LogP contribution in [0.1, 0.15) is 82.4 Å². The van der Waals surface area contributed by atoms with Gasteiger partial charge in [0.15, 0.2) is 0 Å². The Bertz CT molecular complexity index is 1370. The van der Waals surface area contributed by atoms with Crippen molar-refractivity contribution in [2.24, 2.45) is 11.8 Å². The van der Waals surface area contributed by atoms with E-state index in [1.807, 2.05) is 45.3 Å². The maximum Gasteiger partial charge on any atom is 0.0442 e. The standard InChI is InChI=1S/C33H40S4/c1-5-9-11-23(8-4)21-25-13-15-29(37-25)31-27-17-19-34-32(27)30(26-16-18-35-33(26)31)28-14-12-24(36-28)20-22(7-3)10-6-2/h12-19,22-23H,5-11,20-21H2,1-4H3. The van der Waals surface area contributed by atoms with Crippen LogP contribution in [-0.2, 0) is 12.8 Å². The highest BCUT2D eigenvalue weighted by Gasteiger charge is 2.21. The maximum absolute atomic E-state index is 2.41. The van der Waals surface area contributed by atoms with E-state index in [1.165, 1.54) is 98.8 Å². The molecule has 0 spiro atoms. The Kier molecular flexibility index (Phi) is 9.23. The minimum absolute atomic E-state index is 0.809. The fourth-order valence-corrected chi connectivity index (χ4v) is 10.2. The molecule has 0 aliphatic rings. The van der Waals surface area contributed by atoms with E-state index in [1.54, 1.807) is 9.75 Å². The Morgan fingerprint density at radius 1 is 0.595 bits per heavy atom. The normalized spacial score (nSPS) is 13.6. The summed E-state index contributed by atoms with van der Waals surface area (Å²) in [7, 11) is 0. The second kappa shape index (κ2) is 12.6. The number of rotatable bonds is 13. The van der Waals surface area contributed by atoms with E-state index in [4.69, 9.17) is 0 Å². The summed E-state index contributed by atoms with van der Waals surface area (Å²) in [5, 5.41) is 7.48. The number of unbranched alkanes of at least 4 members (excludes halogenated alkanes) is 1. The summed E-state index contributed by atoms with van der Waals surface area (Å²) in [5.41, 5.74) is 2.93. The molecule has 4 heteroatoms. The van der Waals surface area contributed by atoms with Gasteiger partial charge in [-0.15, -0.1) is 45.3 Å². The molecule has 1 aromatic carbocycles. The van der Waals surface area contributed by atoms with E-state index in [0.29, 0.717) is 0 Å². The number of hydrogen-bond donors (Lipinski definition) is 0. The summed E-state index contributed by atoms with van der Waals surface area (Å²) in [6.07, 6.45) is 11.6. The number of hydrogen-bond acceptors (Lipinski definition) is 4. The van der Waals surface area contributed by atoms with Gasteiger partial charge in [0.2, 0.25) is 0 Å². The third kappa shape index (κ3) is 5.78. The summed E-state index contributed by atoms with van der Waals surface area (Å²) >= 11 is 7.90. The molecule has 0 nitrogen and oxygen atoms in total. The van der Waals surface area contributed by atoms with Gasteiger partial charge in [0.05, 0.1) is 0 Å². The molecule has 0 bridgehead atoms. The summed E-state index contributed by atoms with van der Waals surface area (Å²) < 4.78 is 2.92. The number of benzene rings is 1. The van der Waals surface area contributed by atoms with Crippen LogP contribution in [-0.4, -0.2) is 0 Å². The van der Waals surface area contributed by atoms with Crippen LogP contribution in [0.3, 0.4) is 0 Å². The molecule has 2 unspecified atom stereocenters. The zero-order chi connectivity index (χ0) is 25.8. The fourth-order valence-electron chi connectivity index (χ4n) is 5.75. The van der Waals surface area contributed by atoms with Crippen LogP contribution < -0.4 is 0 Å². The largest absolute Gasteiger partial charge is 0.143 e. The minimum Gasteiger partial charge on any atom is -0.143 e. The third-order valence-corrected chi connectivity index (χ3v) is 12.1. The molecule has 37 heavy (non-hydrogen) atoms. The third-order valence-electron chi connectivity index (χ3n) is 7.94. The van der Waals surface area contributed by atoms with Gasteiger partial charge in [-0.3, -0.25) is 0 Å². The zero-order valence-corrected chi connectivity index (χ0v) is 26.0. The first kappa shape index (κ1) is 27.1. The van der Waals surface area contributed by atoms with E-state index >= 15 is 0 Å². The van der Waals surface area contributed by atoms with Gasteiger partial charge in [-0.2, -0.15) is 0 Å². The first-order chi connectivity index (χ1) is 18.2. The predicted molar refractivity (Wildman–Crippen MR) is 173 cm³/mol. The molecule has 4 aromatic heterocycles. The Morgan fingerprint density at radius 3 is 1.57 bits per heavy atom. The molecule has 0 aliphatic heterocycles. The second-order valence-corrected chi connectivity index (χ2v) is 14.7. The summed E-state index contributed by atoms with van der Waals surface area (Å²) in [6, 6.07) is 14.4. The lowest BCUT2D eigenvalue weighted by atomic mass is 9.95. The molecule has 196 valence electrons. The average Bonchev–Trinajstić information content (AvgIpc) is 3.72. The van der Waals surface area contributed by atoms with Crippen molar-refractivity contribution >= 4 is 65.5 Å². The Labute approximate surface area is 239 Å². The molecule has 5 rings (SSSR count). The van der Waals surface area contributed by atoms with Crippen LogP contribution in [0, 0.1) is 11.8 Å². The van der Waals surface area contributed by atoms with Gasteiger partial charge in [0.25, 0.3) is 0 Å². The van der Waals surface area contributed by atoms with E-state index in [2.05, 4.69) is 74.9 Å². The van der Waals surface area contributed by atoms with Gasteiger partial charge in [-0.25, -0.2) is 0 Å². The predicted octanol–water partition coefficient (Wildman–Crippen LogP) is 12.7. The van der Waals surface area contributed by atoms with Gasteiger partial charge in [-0.1, -0.05) is 72.6 Å². The minimum atomic E-state index is 0.809. The highest BCUT2D eigenvalue weighted by Crippen LogP contribution is 2.50. The zero-order valence-electron chi connectivity index (χ0n) is 22.8.